The van der Waals surface area contributed by atoms with Crippen molar-refractivity contribution in [2.75, 3.05) is 18.4 Å². The molecule has 0 saturated heterocycles. The molecule has 0 radical (unpaired) electrons. The number of carbonyl (C=O) groups excluding carboxylic acids is 1. The number of carbonyl (C=O) groups is 1. The molecule has 1 amide bonds. The molecule has 0 heterocycles. The summed E-state index contributed by atoms with van der Waals surface area (Å²) < 4.78 is 40.3. The van der Waals surface area contributed by atoms with Crippen molar-refractivity contribution in [3.63, 3.8) is 0 Å². The molecule has 2 atom stereocenters. The van der Waals surface area contributed by atoms with E-state index in [2.05, 4.69) is 5.32 Å². The third-order valence-electron chi connectivity index (χ3n) is 4.87. The van der Waals surface area contributed by atoms with Crippen molar-refractivity contribution < 1.29 is 22.9 Å². The Morgan fingerprint density at radius 3 is 2.21 bits per heavy atom. The first-order valence-corrected chi connectivity index (χ1v) is 11.1. The van der Waals surface area contributed by atoms with E-state index >= 15 is 0 Å². The van der Waals surface area contributed by atoms with Crippen LogP contribution in [0.3, 0.4) is 0 Å². The molecule has 0 aliphatic carbocycles. The van der Waals surface area contributed by atoms with Crippen LogP contribution in [-0.4, -0.2) is 37.8 Å². The van der Waals surface area contributed by atoms with Gasteiger partial charge in [-0.05, 0) is 38.1 Å². The number of hydrogen-bond donors (Lipinski definition) is 2. The number of benzene rings is 2. The average Bonchev–Trinajstić information content (AvgIpc) is 2.70. The molecule has 0 aliphatic rings. The maximum atomic E-state index is 13.7. The van der Waals surface area contributed by atoms with E-state index in [1.807, 2.05) is 12.2 Å². The number of hydrogen-bond acceptors (Lipinski definition) is 3. The molecule has 0 spiro atoms. The lowest BCUT2D eigenvalue weighted by Crippen LogP contribution is -2.91. The molecule has 0 bridgehead atoms. The van der Waals surface area contributed by atoms with Crippen LogP contribution in [0.1, 0.15) is 39.3 Å². The van der Waals surface area contributed by atoms with Crippen molar-refractivity contribution >= 4 is 21.6 Å². The Kier molecular flexibility index (Phi) is 7.89. The van der Waals surface area contributed by atoms with Crippen LogP contribution in [0.25, 0.3) is 0 Å². The van der Waals surface area contributed by atoms with Crippen LogP contribution in [0.2, 0.25) is 0 Å². The fraction of sp³-hybridized carbons (Fsp3) is 0.381. The minimum atomic E-state index is -3.50. The van der Waals surface area contributed by atoms with Crippen LogP contribution in [0.5, 0.6) is 0 Å². The fourth-order valence-corrected chi connectivity index (χ4v) is 4.55. The van der Waals surface area contributed by atoms with Gasteiger partial charge in [-0.15, -0.1) is 0 Å². The van der Waals surface area contributed by atoms with Gasteiger partial charge in [0.05, 0.1) is 10.6 Å². The Hall–Kier alpha value is -2.29. The van der Waals surface area contributed by atoms with Crippen molar-refractivity contribution in [1.29, 1.82) is 0 Å². The molecular weight excluding hydrogens is 393 g/mol. The molecule has 0 aliphatic heterocycles. The Morgan fingerprint density at radius 1 is 1.07 bits per heavy atom. The topological polar surface area (TPSA) is 83.1 Å². The highest BCUT2D eigenvalue weighted by atomic mass is 32.2. The van der Waals surface area contributed by atoms with Gasteiger partial charge in [-0.1, -0.05) is 38.1 Å². The zero-order valence-corrected chi connectivity index (χ0v) is 18.0. The zero-order valence-electron chi connectivity index (χ0n) is 17.2. The lowest BCUT2D eigenvalue weighted by Gasteiger charge is -2.20. The molecule has 29 heavy (non-hydrogen) atoms. The molecule has 158 valence electrons. The molecule has 2 rings (SSSR count). The van der Waals surface area contributed by atoms with Crippen LogP contribution >= 0.6 is 0 Å². The molecule has 0 fully saturated rings. The summed E-state index contributed by atoms with van der Waals surface area (Å²) in [5.41, 5.74) is 1.05. The first-order valence-electron chi connectivity index (χ1n) is 9.71. The van der Waals surface area contributed by atoms with E-state index in [1.165, 1.54) is 16.4 Å². The van der Waals surface area contributed by atoms with Gasteiger partial charge in [0.15, 0.2) is 6.04 Å². The van der Waals surface area contributed by atoms with Gasteiger partial charge < -0.3 is 10.6 Å². The number of rotatable bonds is 9. The lowest BCUT2D eigenvalue weighted by molar-refractivity contribution is -0.709. The molecule has 8 heteroatoms. The van der Waals surface area contributed by atoms with E-state index < -0.39 is 21.9 Å². The summed E-state index contributed by atoms with van der Waals surface area (Å²) in [7, 11) is -3.50. The number of sulfonamides is 1. The first kappa shape index (κ1) is 23.0. The predicted molar refractivity (Wildman–Crippen MR) is 111 cm³/mol. The zero-order chi connectivity index (χ0) is 21.6. The van der Waals surface area contributed by atoms with E-state index in [0.717, 1.165) is 5.56 Å². The monoisotopic (exact) mass is 422 g/mol. The summed E-state index contributed by atoms with van der Waals surface area (Å²) in [5.74, 6) is -0.784. The Morgan fingerprint density at radius 2 is 1.66 bits per heavy atom. The van der Waals surface area contributed by atoms with Gasteiger partial charge in [-0.25, -0.2) is 12.8 Å². The van der Waals surface area contributed by atoms with E-state index in [1.54, 1.807) is 57.2 Å². The number of para-hydroxylation sites is 1. The van der Waals surface area contributed by atoms with Gasteiger partial charge in [0.25, 0.3) is 5.91 Å². The molecule has 0 aromatic heterocycles. The van der Waals surface area contributed by atoms with Gasteiger partial charge in [-0.2, -0.15) is 4.31 Å². The fourth-order valence-electron chi connectivity index (χ4n) is 3.10. The van der Waals surface area contributed by atoms with Gasteiger partial charge in [0, 0.05) is 18.7 Å². The second-order valence-corrected chi connectivity index (χ2v) is 8.84. The normalized spacial score (nSPS) is 13.9. The first-order chi connectivity index (χ1) is 13.7. The summed E-state index contributed by atoms with van der Waals surface area (Å²) in [6.07, 6.45) is 0. The third kappa shape index (κ3) is 5.62. The van der Waals surface area contributed by atoms with Gasteiger partial charge in [-0.3, -0.25) is 4.79 Å². The highest BCUT2D eigenvalue weighted by molar-refractivity contribution is 7.89. The molecule has 0 unspecified atom stereocenters. The van der Waals surface area contributed by atoms with Crippen LogP contribution in [0, 0.1) is 5.82 Å². The Bertz CT molecular complexity index is 928. The minimum absolute atomic E-state index is 0.0819. The van der Waals surface area contributed by atoms with Gasteiger partial charge >= 0.3 is 0 Å². The van der Waals surface area contributed by atoms with Gasteiger partial charge in [0.2, 0.25) is 10.0 Å². The number of anilines is 1. The molecule has 2 aromatic rings. The number of nitrogens with one attached hydrogen (secondary N) is 1. The summed E-state index contributed by atoms with van der Waals surface area (Å²) in [4.78, 5) is 12.6. The standard InChI is InChI=1S/C21H28FN3O3S/c1-5-25(6-2)29(27,28)18-13-11-17(12-14-18)15(3)23-16(4)21(26)24-20-10-8-7-9-19(20)22/h7-16,23H,5-6H2,1-4H3,(H,24,26)/p+1/t15-,16+/m0/s1. The van der Waals surface area contributed by atoms with Crippen molar-refractivity contribution in [3.05, 3.63) is 59.9 Å². The number of nitrogens with two attached hydrogens (primary N) is 1. The maximum Gasteiger partial charge on any atom is 0.282 e. The quantitative estimate of drug-likeness (QED) is 0.651. The number of amides is 1. The Balaban J connectivity index is 2.04. The van der Waals surface area contributed by atoms with Crippen LogP contribution in [0.4, 0.5) is 10.1 Å². The minimum Gasteiger partial charge on any atom is -0.330 e. The molecular formula is C21H29FN3O3S+. The van der Waals surface area contributed by atoms with Crippen molar-refractivity contribution in [1.82, 2.24) is 4.31 Å². The van der Waals surface area contributed by atoms with E-state index in [0.29, 0.717) is 13.1 Å². The molecule has 2 aromatic carbocycles. The molecule has 0 saturated carbocycles. The van der Waals surface area contributed by atoms with Crippen molar-refractivity contribution in [2.24, 2.45) is 0 Å². The van der Waals surface area contributed by atoms with Crippen LogP contribution in [0.15, 0.2) is 53.4 Å². The smallest absolute Gasteiger partial charge is 0.282 e. The van der Waals surface area contributed by atoms with Gasteiger partial charge in [0.1, 0.15) is 11.9 Å². The number of halogens is 1. The predicted octanol–water partition coefficient (Wildman–Crippen LogP) is 2.51. The van der Waals surface area contributed by atoms with E-state index in [9.17, 15) is 17.6 Å². The molecule has 6 nitrogen and oxygen atoms in total. The van der Waals surface area contributed by atoms with Crippen molar-refractivity contribution in [2.45, 2.75) is 44.7 Å². The Labute approximate surface area is 172 Å². The van der Waals surface area contributed by atoms with Crippen molar-refractivity contribution in [3.8, 4) is 0 Å². The summed E-state index contributed by atoms with van der Waals surface area (Å²) in [5, 5.41) is 4.44. The van der Waals surface area contributed by atoms with Crippen LogP contribution in [-0.2, 0) is 14.8 Å². The second-order valence-electron chi connectivity index (χ2n) is 6.90. The van der Waals surface area contributed by atoms with Crippen LogP contribution < -0.4 is 10.6 Å². The average molecular weight is 423 g/mol. The van der Waals surface area contributed by atoms with E-state index in [-0.39, 0.29) is 22.5 Å². The largest absolute Gasteiger partial charge is 0.330 e. The summed E-state index contributed by atoms with van der Waals surface area (Å²) in [6, 6.07) is 12.2. The number of nitrogens with zero attached hydrogens (tertiary/aromatic N) is 1. The SMILES string of the molecule is CCN(CC)S(=O)(=O)c1ccc([C@H](C)[NH2+][C@H](C)C(=O)Nc2ccccc2F)cc1. The highest BCUT2D eigenvalue weighted by Gasteiger charge is 2.24. The summed E-state index contributed by atoms with van der Waals surface area (Å²) >= 11 is 0. The lowest BCUT2D eigenvalue weighted by atomic mass is 10.1. The highest BCUT2D eigenvalue weighted by Crippen LogP contribution is 2.18. The summed E-state index contributed by atoms with van der Waals surface area (Å²) in [6.45, 7) is 8.12. The van der Waals surface area contributed by atoms with E-state index in [4.69, 9.17) is 0 Å². The second kappa shape index (κ2) is 9.96. The molecule has 3 N–H and O–H groups in total. The third-order valence-corrected chi connectivity index (χ3v) is 6.94. The maximum absolute atomic E-state index is 13.7. The number of quaternary nitrogens is 1.